The summed E-state index contributed by atoms with van der Waals surface area (Å²) in [7, 11) is 1.52. The maximum atomic E-state index is 12.7. The van der Waals surface area contributed by atoms with Crippen LogP contribution in [-0.2, 0) is 23.8 Å². The molecular formula is C32H54O9. The summed E-state index contributed by atoms with van der Waals surface area (Å²) in [5, 5.41) is 42.3. The van der Waals surface area contributed by atoms with Gasteiger partial charge in [-0.25, -0.2) is 0 Å². The molecule has 1 rings (SSSR count). The molecule has 0 radical (unpaired) electrons. The number of esters is 2. The summed E-state index contributed by atoms with van der Waals surface area (Å²) in [6, 6.07) is 0. The lowest BCUT2D eigenvalue weighted by molar-refractivity contribution is -0.160. The van der Waals surface area contributed by atoms with Gasteiger partial charge in [0.05, 0.1) is 30.3 Å². The number of cyclic esters (lactones) is 1. The molecule has 0 fully saturated rings. The van der Waals surface area contributed by atoms with Crippen LogP contribution >= 0.6 is 0 Å². The maximum absolute atomic E-state index is 12.7. The van der Waals surface area contributed by atoms with Gasteiger partial charge in [-0.3, -0.25) is 9.59 Å². The first kappa shape index (κ1) is 37.0. The Morgan fingerprint density at radius 3 is 2.39 bits per heavy atom. The number of aliphatic hydroxyl groups excluding tert-OH is 3. The van der Waals surface area contributed by atoms with E-state index in [0.717, 1.165) is 0 Å². The minimum atomic E-state index is -1.32. The van der Waals surface area contributed by atoms with Crippen molar-refractivity contribution in [1.82, 2.24) is 0 Å². The van der Waals surface area contributed by atoms with Crippen molar-refractivity contribution in [3.8, 4) is 0 Å². The monoisotopic (exact) mass is 582 g/mol. The lowest BCUT2D eigenvalue weighted by atomic mass is 9.81. The van der Waals surface area contributed by atoms with Crippen LogP contribution in [-0.4, -0.2) is 81.2 Å². The highest BCUT2D eigenvalue weighted by Gasteiger charge is 2.37. The number of allylic oxidation sites excluding steroid dienone is 2. The molecule has 10 atom stereocenters. The predicted octanol–water partition coefficient (Wildman–Crippen LogP) is 4.02. The third-order valence-electron chi connectivity index (χ3n) is 8.41. The SMILES string of the molecule is CCC(O)C(C)C(C)C(O)CC(C)(O)/C=C/C=C(\C)C1OC(=O)CC(O)CCC(C)(OC)C(OC(C)=O)/C=C/C1C. The van der Waals surface area contributed by atoms with Crippen LogP contribution in [0.2, 0.25) is 0 Å². The van der Waals surface area contributed by atoms with E-state index in [0.29, 0.717) is 18.4 Å². The average molecular weight is 583 g/mol. The smallest absolute Gasteiger partial charge is 0.309 e. The first-order valence-electron chi connectivity index (χ1n) is 14.7. The second-order valence-corrected chi connectivity index (χ2v) is 12.2. The largest absolute Gasteiger partial charge is 0.457 e. The molecule has 0 spiro atoms. The molecule has 1 aliphatic heterocycles. The number of hydrogen-bond acceptors (Lipinski definition) is 9. The van der Waals surface area contributed by atoms with Gasteiger partial charge >= 0.3 is 11.9 Å². The third kappa shape index (κ3) is 12.0. The molecule has 41 heavy (non-hydrogen) atoms. The fourth-order valence-electron chi connectivity index (χ4n) is 5.09. The van der Waals surface area contributed by atoms with Crippen molar-refractivity contribution < 1.29 is 44.2 Å². The number of rotatable bonds is 11. The van der Waals surface area contributed by atoms with Gasteiger partial charge in [0.25, 0.3) is 0 Å². The van der Waals surface area contributed by atoms with E-state index in [2.05, 4.69) is 0 Å². The van der Waals surface area contributed by atoms with E-state index in [9.17, 15) is 30.0 Å². The van der Waals surface area contributed by atoms with E-state index in [1.54, 1.807) is 45.1 Å². The van der Waals surface area contributed by atoms with Crippen LogP contribution in [0.4, 0.5) is 0 Å². The van der Waals surface area contributed by atoms with Gasteiger partial charge in [0, 0.05) is 26.4 Å². The summed E-state index contributed by atoms with van der Waals surface area (Å²) >= 11 is 0. The quantitative estimate of drug-likeness (QED) is 0.161. The third-order valence-corrected chi connectivity index (χ3v) is 8.41. The lowest BCUT2D eigenvalue weighted by Crippen LogP contribution is -2.44. The molecule has 236 valence electrons. The molecule has 0 saturated heterocycles. The molecule has 0 aromatic heterocycles. The van der Waals surface area contributed by atoms with Crippen molar-refractivity contribution in [3.05, 3.63) is 36.0 Å². The molecular weight excluding hydrogens is 528 g/mol. The molecule has 0 aliphatic carbocycles. The van der Waals surface area contributed by atoms with Crippen LogP contribution in [0.3, 0.4) is 0 Å². The number of hydrogen-bond donors (Lipinski definition) is 4. The van der Waals surface area contributed by atoms with Gasteiger partial charge in [-0.2, -0.15) is 0 Å². The predicted molar refractivity (Wildman–Crippen MR) is 158 cm³/mol. The minimum absolute atomic E-state index is 0.0869. The lowest BCUT2D eigenvalue weighted by Gasteiger charge is -2.35. The summed E-state index contributed by atoms with van der Waals surface area (Å²) in [5.74, 6) is -1.66. The molecule has 10 unspecified atom stereocenters. The van der Waals surface area contributed by atoms with Gasteiger partial charge in [0.1, 0.15) is 17.8 Å². The fraction of sp³-hybridized carbons (Fsp3) is 0.750. The highest BCUT2D eigenvalue weighted by Crippen LogP contribution is 2.30. The summed E-state index contributed by atoms with van der Waals surface area (Å²) in [4.78, 5) is 24.6. The highest BCUT2D eigenvalue weighted by atomic mass is 16.6. The number of methoxy groups -OCH3 is 1. The van der Waals surface area contributed by atoms with Crippen molar-refractivity contribution in [1.29, 1.82) is 0 Å². The number of carbonyl (C=O) groups is 2. The first-order chi connectivity index (χ1) is 19.0. The molecule has 9 nitrogen and oxygen atoms in total. The van der Waals surface area contributed by atoms with Crippen molar-refractivity contribution in [3.63, 3.8) is 0 Å². The zero-order valence-corrected chi connectivity index (χ0v) is 26.4. The number of ether oxygens (including phenoxy) is 3. The fourth-order valence-corrected chi connectivity index (χ4v) is 5.09. The van der Waals surface area contributed by atoms with Gasteiger partial charge < -0.3 is 34.6 Å². The maximum Gasteiger partial charge on any atom is 0.309 e. The van der Waals surface area contributed by atoms with Gasteiger partial charge in [-0.15, -0.1) is 0 Å². The van der Waals surface area contributed by atoms with E-state index in [1.807, 2.05) is 33.8 Å². The number of aliphatic hydroxyl groups is 4. The Morgan fingerprint density at radius 2 is 1.83 bits per heavy atom. The Balaban J connectivity index is 3.20. The van der Waals surface area contributed by atoms with Crippen molar-refractivity contribution >= 4 is 11.9 Å². The first-order valence-corrected chi connectivity index (χ1v) is 14.7. The van der Waals surface area contributed by atoms with Gasteiger partial charge in [0.15, 0.2) is 0 Å². The standard InChI is InChI=1S/C32H54O9/c1-10-26(35)22(4)23(5)27(36)19-31(7,38)16-11-12-20(2)30-21(3)13-14-28(40-24(6)33)32(8,39-9)17-15-25(34)18-29(37)41-30/h11-14,16,21-23,25-28,30,34-36,38H,10,15,17-19H2,1-9H3/b14-13+,16-11+,20-12+. The van der Waals surface area contributed by atoms with Gasteiger partial charge in [0.2, 0.25) is 0 Å². The van der Waals surface area contributed by atoms with E-state index in [1.165, 1.54) is 14.0 Å². The van der Waals surface area contributed by atoms with Crippen LogP contribution < -0.4 is 0 Å². The van der Waals surface area contributed by atoms with Gasteiger partial charge in [-0.05, 0) is 63.5 Å². The molecule has 4 N–H and O–H groups in total. The summed E-state index contributed by atoms with van der Waals surface area (Å²) < 4.78 is 17.0. The van der Waals surface area contributed by atoms with E-state index in [-0.39, 0.29) is 37.0 Å². The molecule has 1 heterocycles. The molecule has 0 saturated carbocycles. The molecule has 1 aliphatic rings. The van der Waals surface area contributed by atoms with Crippen LogP contribution in [0.25, 0.3) is 0 Å². The second kappa shape index (κ2) is 16.6. The topological polar surface area (TPSA) is 143 Å². The van der Waals surface area contributed by atoms with Crippen LogP contribution in [0, 0.1) is 17.8 Å². The molecule has 0 amide bonds. The zero-order valence-electron chi connectivity index (χ0n) is 26.4. The van der Waals surface area contributed by atoms with Crippen molar-refractivity contribution in [2.24, 2.45) is 17.8 Å². The molecule has 9 heteroatoms. The zero-order chi connectivity index (χ0) is 31.5. The normalized spacial score (nSPS) is 32.0. The Morgan fingerprint density at radius 1 is 1.22 bits per heavy atom. The van der Waals surface area contributed by atoms with Crippen LogP contribution in [0.1, 0.15) is 87.5 Å². The van der Waals surface area contributed by atoms with Gasteiger partial charge in [-0.1, -0.05) is 52.0 Å². The van der Waals surface area contributed by atoms with E-state index < -0.39 is 53.7 Å². The minimum Gasteiger partial charge on any atom is -0.457 e. The molecule has 0 aromatic carbocycles. The van der Waals surface area contributed by atoms with Crippen LogP contribution in [0.5, 0.6) is 0 Å². The molecule has 0 bridgehead atoms. The van der Waals surface area contributed by atoms with E-state index in [4.69, 9.17) is 14.2 Å². The van der Waals surface area contributed by atoms with Crippen molar-refractivity contribution in [2.45, 2.75) is 129 Å². The number of carbonyl (C=O) groups excluding carboxylic acids is 2. The van der Waals surface area contributed by atoms with Crippen molar-refractivity contribution in [2.75, 3.05) is 7.11 Å². The Kier molecular flexibility index (Phi) is 14.9. The summed E-state index contributed by atoms with van der Waals surface area (Å²) in [6.45, 7) is 14.0. The summed E-state index contributed by atoms with van der Waals surface area (Å²) in [5.41, 5.74) is -1.53. The second-order valence-electron chi connectivity index (χ2n) is 12.2. The highest BCUT2D eigenvalue weighted by molar-refractivity contribution is 5.70. The van der Waals surface area contributed by atoms with E-state index >= 15 is 0 Å². The Bertz CT molecular complexity index is 924. The Labute approximate surface area is 246 Å². The summed E-state index contributed by atoms with van der Waals surface area (Å²) in [6.07, 6.45) is 5.92. The molecule has 0 aromatic rings. The average Bonchev–Trinajstić information content (AvgIpc) is 2.89. The Hall–Kier alpha value is -2.04. The van der Waals surface area contributed by atoms with Crippen LogP contribution in [0.15, 0.2) is 36.0 Å².